The van der Waals surface area contributed by atoms with Crippen LogP contribution in [0, 0.1) is 0 Å². The van der Waals surface area contributed by atoms with Crippen molar-refractivity contribution in [2.24, 2.45) is 7.92 Å². The fourth-order valence-electron chi connectivity index (χ4n) is 1.65. The molecule has 5 nitrogen and oxygen atoms in total. The summed E-state index contributed by atoms with van der Waals surface area (Å²) in [4.78, 5) is 16.2. The Bertz CT molecular complexity index is 740. The summed E-state index contributed by atoms with van der Waals surface area (Å²) in [6.45, 7) is 0. The Morgan fingerprint density at radius 1 is 1.21 bits per heavy atom. The molecule has 0 atom stereocenters. The molecule has 3 rings (SSSR count). The maximum atomic E-state index is 12.2. The summed E-state index contributed by atoms with van der Waals surface area (Å²) in [5.41, 5.74) is 2.76. The van der Waals surface area contributed by atoms with Gasteiger partial charge in [0.2, 0.25) is 0 Å². The van der Waals surface area contributed by atoms with Crippen LogP contribution in [0.2, 0.25) is 0 Å². The molecule has 0 spiro atoms. The first-order valence-corrected chi connectivity index (χ1v) is 7.71. The van der Waals surface area contributed by atoms with Crippen LogP contribution in [0.1, 0.15) is 10.4 Å². The van der Waals surface area contributed by atoms with Gasteiger partial charge in [-0.1, -0.05) is 0 Å². The van der Waals surface area contributed by atoms with Crippen molar-refractivity contribution in [1.82, 2.24) is 4.98 Å². The number of anilines is 1. The third kappa shape index (κ3) is 2.45. The summed E-state index contributed by atoms with van der Waals surface area (Å²) in [7, 11) is 0. The Morgan fingerprint density at radius 3 is 2.95 bits per heavy atom. The van der Waals surface area contributed by atoms with E-state index in [1.165, 1.54) is 0 Å². The summed E-state index contributed by atoms with van der Waals surface area (Å²) in [5.74, 6) is -0.219. The molecule has 0 bridgehead atoms. The zero-order chi connectivity index (χ0) is 13.2. The Labute approximate surface area is 123 Å². The van der Waals surface area contributed by atoms with Crippen LogP contribution < -0.4 is 5.32 Å². The number of halogens is 1. The summed E-state index contributed by atoms with van der Waals surface area (Å²) in [5, 5.41) is 2.85. The van der Waals surface area contributed by atoms with Gasteiger partial charge in [0.25, 0.3) is 0 Å². The number of hydrogen-bond donors (Lipinski definition) is 1. The number of pyridine rings is 1. The van der Waals surface area contributed by atoms with Gasteiger partial charge in [-0.05, 0) is 0 Å². The molecule has 1 aliphatic rings. The van der Waals surface area contributed by atoms with Gasteiger partial charge in [-0.2, -0.15) is 0 Å². The fourth-order valence-corrected chi connectivity index (χ4v) is 3.24. The van der Waals surface area contributed by atoms with E-state index in [4.69, 9.17) is 0 Å². The number of benzene rings is 1. The molecule has 0 unspecified atom stereocenters. The first kappa shape index (κ1) is 12.5. The molecule has 1 aromatic heterocycles. The average Bonchev–Trinajstić information content (AvgIpc) is 2.88. The van der Waals surface area contributed by atoms with E-state index in [-0.39, 0.29) is 20.5 Å². The van der Waals surface area contributed by atoms with Crippen molar-refractivity contribution in [2.45, 2.75) is 0 Å². The molecule has 19 heavy (non-hydrogen) atoms. The van der Waals surface area contributed by atoms with Crippen LogP contribution in [0.5, 0.6) is 0 Å². The molecule has 0 radical (unpaired) electrons. The van der Waals surface area contributed by atoms with E-state index in [2.05, 4.69) is 34.2 Å². The number of nitrogens with one attached hydrogen (secondary N) is 1. The van der Waals surface area contributed by atoms with E-state index in [1.54, 1.807) is 18.3 Å². The molecule has 0 fully saturated rings. The molecular formula is C12H7BrN4OSe. The van der Waals surface area contributed by atoms with Crippen LogP contribution in [0.3, 0.4) is 0 Å². The predicted octanol–water partition coefficient (Wildman–Crippen LogP) is 3.44. The topological polar surface area (TPSA) is 66.7 Å². The van der Waals surface area contributed by atoms with Gasteiger partial charge in [0, 0.05) is 0 Å². The van der Waals surface area contributed by atoms with E-state index in [0.717, 1.165) is 11.4 Å². The zero-order valence-electron chi connectivity index (χ0n) is 9.50. The monoisotopic (exact) mass is 382 g/mol. The second-order valence-electron chi connectivity index (χ2n) is 3.73. The Balaban J connectivity index is 1.91. The second-order valence-corrected chi connectivity index (χ2v) is 5.59. The molecule has 2 heterocycles. The third-order valence-corrected chi connectivity index (χ3v) is 4.31. The van der Waals surface area contributed by atoms with Gasteiger partial charge >= 0.3 is 123 Å². The number of rotatable bonds is 2. The van der Waals surface area contributed by atoms with Crippen LogP contribution >= 0.6 is 15.9 Å². The van der Waals surface area contributed by atoms with Gasteiger partial charge in [-0.25, -0.2) is 0 Å². The first-order valence-electron chi connectivity index (χ1n) is 5.39. The molecule has 1 amide bonds. The Morgan fingerprint density at radius 2 is 2.11 bits per heavy atom. The van der Waals surface area contributed by atoms with Crippen molar-refractivity contribution in [1.29, 1.82) is 0 Å². The Hall–Kier alpha value is -1.56. The average molecular weight is 382 g/mol. The molecule has 1 aliphatic heterocycles. The number of fused-ring (bicyclic) bond motifs is 1. The normalized spacial score (nSPS) is 11.8. The van der Waals surface area contributed by atoms with E-state index < -0.39 is 0 Å². The van der Waals surface area contributed by atoms with Gasteiger partial charge in [0.15, 0.2) is 0 Å². The molecule has 94 valence electrons. The number of aromatic nitrogens is 1. The van der Waals surface area contributed by atoms with Crippen molar-refractivity contribution >= 4 is 53.5 Å². The van der Waals surface area contributed by atoms with Gasteiger partial charge in [0.1, 0.15) is 0 Å². The van der Waals surface area contributed by atoms with Crippen molar-refractivity contribution in [2.75, 3.05) is 5.32 Å². The zero-order valence-corrected chi connectivity index (χ0v) is 12.8. The SMILES string of the molecule is O=C(Nc1cccc2c1N=[Se]=N2)c1cccnc1Br. The third-order valence-electron chi connectivity index (χ3n) is 2.54. The van der Waals surface area contributed by atoms with Gasteiger partial charge in [-0.3, -0.25) is 0 Å². The molecule has 2 aromatic rings. The number of carbonyl (C=O) groups excluding carboxylic acids is 1. The minimum atomic E-state index is -0.219. The maximum absolute atomic E-state index is 12.2. The van der Waals surface area contributed by atoms with Crippen LogP contribution in [-0.4, -0.2) is 25.5 Å². The quantitative estimate of drug-likeness (QED) is 0.545. The first-order chi connectivity index (χ1) is 9.25. The van der Waals surface area contributed by atoms with E-state index >= 15 is 0 Å². The van der Waals surface area contributed by atoms with Crippen LogP contribution in [0.15, 0.2) is 49.1 Å². The van der Waals surface area contributed by atoms with E-state index in [0.29, 0.717) is 15.9 Å². The second kappa shape index (κ2) is 5.20. The molecule has 0 saturated carbocycles. The van der Waals surface area contributed by atoms with Gasteiger partial charge in [0.05, 0.1) is 0 Å². The number of hydrogen-bond acceptors (Lipinski definition) is 4. The van der Waals surface area contributed by atoms with Crippen LogP contribution in [-0.2, 0) is 0 Å². The van der Waals surface area contributed by atoms with Crippen LogP contribution in [0.4, 0.5) is 17.1 Å². The van der Waals surface area contributed by atoms with Crippen molar-refractivity contribution in [3.63, 3.8) is 0 Å². The number of carbonyl (C=O) groups is 1. The number of amides is 1. The van der Waals surface area contributed by atoms with Crippen molar-refractivity contribution in [3.8, 4) is 0 Å². The molecule has 0 aliphatic carbocycles. The van der Waals surface area contributed by atoms with E-state index in [9.17, 15) is 4.79 Å². The molecule has 1 N–H and O–H groups in total. The van der Waals surface area contributed by atoms with Gasteiger partial charge < -0.3 is 0 Å². The summed E-state index contributed by atoms with van der Waals surface area (Å²) in [6, 6.07) is 9.00. The number of nitrogens with zero attached hydrogens (tertiary/aromatic N) is 3. The predicted molar refractivity (Wildman–Crippen MR) is 76.3 cm³/mol. The molecule has 0 saturated heterocycles. The molecular weight excluding hydrogens is 375 g/mol. The fraction of sp³-hybridized carbons (Fsp3) is 0. The van der Waals surface area contributed by atoms with Crippen molar-refractivity contribution in [3.05, 3.63) is 46.7 Å². The molecule has 7 heteroatoms. The molecule has 1 aromatic carbocycles. The standard InChI is InChI=1S/C12H7BrN4OSe/c13-11-7(3-2-6-14-11)12(18)15-8-4-1-5-9-10(8)17-19-16-9/h1-6H,(H,15,18). The Kier molecular flexibility index (Phi) is 3.42. The summed E-state index contributed by atoms with van der Waals surface area (Å²) >= 11 is 3.15. The van der Waals surface area contributed by atoms with E-state index in [1.807, 2.05) is 18.2 Å². The summed E-state index contributed by atoms with van der Waals surface area (Å²) in [6.07, 6.45) is 1.62. The van der Waals surface area contributed by atoms with Gasteiger partial charge in [-0.15, -0.1) is 0 Å². The summed E-state index contributed by atoms with van der Waals surface area (Å²) < 4.78 is 9.12. The van der Waals surface area contributed by atoms with Crippen molar-refractivity contribution < 1.29 is 4.79 Å². The van der Waals surface area contributed by atoms with Crippen LogP contribution in [0.25, 0.3) is 0 Å². The minimum absolute atomic E-state index is 0.113.